The van der Waals surface area contributed by atoms with E-state index < -0.39 is 23.6 Å². The number of hydrogen-bond acceptors (Lipinski definition) is 6. The third-order valence-corrected chi connectivity index (χ3v) is 3.38. The van der Waals surface area contributed by atoms with E-state index in [1.165, 1.54) is 17.9 Å². The van der Waals surface area contributed by atoms with Gasteiger partial charge in [0.1, 0.15) is 6.04 Å². The summed E-state index contributed by atoms with van der Waals surface area (Å²) < 4.78 is 32.8. The summed E-state index contributed by atoms with van der Waals surface area (Å²) in [5.74, 6) is -2.32. The second-order valence-electron chi connectivity index (χ2n) is 4.68. The Morgan fingerprint density at radius 2 is 2.14 bits per heavy atom. The zero-order chi connectivity index (χ0) is 15.9. The van der Waals surface area contributed by atoms with E-state index in [-0.39, 0.29) is 5.57 Å². The van der Waals surface area contributed by atoms with Crippen LogP contribution >= 0.6 is 0 Å². The zero-order valence-electron chi connectivity index (χ0n) is 11.7. The van der Waals surface area contributed by atoms with Gasteiger partial charge in [-0.1, -0.05) is 11.2 Å². The molecule has 0 aliphatic carbocycles. The van der Waals surface area contributed by atoms with Crippen LogP contribution < -0.4 is 5.32 Å². The first-order valence-corrected chi connectivity index (χ1v) is 6.32. The number of nitrogens with one attached hydrogen (secondary N) is 1. The van der Waals surface area contributed by atoms with E-state index in [1.807, 2.05) is 0 Å². The molecule has 0 saturated carbocycles. The Balaban J connectivity index is 2.20. The zero-order valence-corrected chi connectivity index (χ0v) is 11.7. The molecule has 1 aromatic carbocycles. The van der Waals surface area contributed by atoms with Gasteiger partial charge in [0.05, 0.1) is 12.7 Å². The van der Waals surface area contributed by atoms with Gasteiger partial charge >= 0.3 is 5.97 Å². The number of aromatic nitrogens is 4. The molecule has 1 atom stereocenters. The molecule has 1 aliphatic rings. The van der Waals surface area contributed by atoms with Gasteiger partial charge in [-0.25, -0.2) is 13.6 Å². The summed E-state index contributed by atoms with van der Waals surface area (Å²) in [5, 5.41) is 14.0. The fourth-order valence-corrected chi connectivity index (χ4v) is 2.38. The second kappa shape index (κ2) is 5.17. The lowest BCUT2D eigenvalue weighted by molar-refractivity contribution is -0.136. The normalized spacial score (nSPS) is 17.0. The van der Waals surface area contributed by atoms with Crippen LogP contribution in [-0.4, -0.2) is 33.3 Å². The van der Waals surface area contributed by atoms with Crippen LogP contribution in [0, 0.1) is 11.6 Å². The average molecular weight is 307 g/mol. The molecule has 9 heteroatoms. The molecule has 0 amide bonds. The minimum Gasteiger partial charge on any atom is -0.466 e. The van der Waals surface area contributed by atoms with Crippen LogP contribution in [0.2, 0.25) is 0 Å². The highest BCUT2D eigenvalue weighted by Gasteiger charge is 2.34. The minimum absolute atomic E-state index is 0.216. The first-order valence-electron chi connectivity index (χ1n) is 6.32. The Kier molecular flexibility index (Phi) is 3.32. The molecule has 7 nitrogen and oxygen atoms in total. The molecule has 0 radical (unpaired) electrons. The summed E-state index contributed by atoms with van der Waals surface area (Å²) in [7, 11) is 1.24. The summed E-state index contributed by atoms with van der Waals surface area (Å²) in [6.07, 6.45) is 0. The van der Waals surface area contributed by atoms with Crippen LogP contribution in [0.15, 0.2) is 29.5 Å². The van der Waals surface area contributed by atoms with E-state index in [0.717, 1.165) is 12.1 Å². The van der Waals surface area contributed by atoms with Crippen molar-refractivity contribution >= 4 is 11.9 Å². The summed E-state index contributed by atoms with van der Waals surface area (Å²) in [6.45, 7) is 1.65. The number of benzene rings is 1. The molecule has 0 fully saturated rings. The van der Waals surface area contributed by atoms with E-state index in [4.69, 9.17) is 4.74 Å². The van der Waals surface area contributed by atoms with Crippen LogP contribution in [-0.2, 0) is 9.53 Å². The van der Waals surface area contributed by atoms with Crippen LogP contribution in [0.1, 0.15) is 18.5 Å². The van der Waals surface area contributed by atoms with Gasteiger partial charge in [-0.3, -0.25) is 0 Å². The maximum atomic E-state index is 13.6. The van der Waals surface area contributed by atoms with Gasteiger partial charge in [0, 0.05) is 5.70 Å². The molecular weight excluding hydrogens is 296 g/mol. The van der Waals surface area contributed by atoms with Gasteiger partial charge in [0.15, 0.2) is 11.6 Å². The van der Waals surface area contributed by atoms with Crippen LogP contribution in [0.25, 0.3) is 0 Å². The number of fused-ring (bicyclic) bond motifs is 1. The number of halogens is 2. The number of allylic oxidation sites excluding steroid dienone is 1. The van der Waals surface area contributed by atoms with Crippen molar-refractivity contribution in [1.29, 1.82) is 0 Å². The van der Waals surface area contributed by atoms with Crippen LogP contribution in [0.5, 0.6) is 0 Å². The third kappa shape index (κ3) is 2.10. The summed E-state index contributed by atoms with van der Waals surface area (Å²) in [6, 6.07) is 2.55. The number of carbonyl (C=O) groups excluding carboxylic acids is 1. The number of esters is 1. The molecule has 0 unspecified atom stereocenters. The fraction of sp³-hybridized carbons (Fsp3) is 0.231. The molecule has 2 aromatic rings. The maximum Gasteiger partial charge on any atom is 0.338 e. The molecule has 1 aliphatic heterocycles. The summed E-state index contributed by atoms with van der Waals surface area (Å²) in [4.78, 5) is 12.1. The van der Waals surface area contributed by atoms with Crippen molar-refractivity contribution in [2.75, 3.05) is 12.4 Å². The quantitative estimate of drug-likeness (QED) is 0.845. The Morgan fingerprint density at radius 3 is 2.82 bits per heavy atom. The number of tetrazole rings is 1. The molecule has 1 N–H and O–H groups in total. The molecule has 0 spiro atoms. The molecule has 22 heavy (non-hydrogen) atoms. The number of methoxy groups -OCH3 is 1. The number of ether oxygens (including phenoxy) is 1. The van der Waals surface area contributed by atoms with Gasteiger partial charge in [-0.2, -0.15) is 4.68 Å². The lowest BCUT2D eigenvalue weighted by Crippen LogP contribution is -2.29. The number of anilines is 1. The number of hydrogen-bond donors (Lipinski definition) is 1. The van der Waals surface area contributed by atoms with E-state index in [0.29, 0.717) is 17.2 Å². The molecule has 2 heterocycles. The van der Waals surface area contributed by atoms with E-state index in [1.54, 1.807) is 6.92 Å². The summed E-state index contributed by atoms with van der Waals surface area (Å²) in [5.41, 5.74) is 1.02. The molecule has 0 bridgehead atoms. The summed E-state index contributed by atoms with van der Waals surface area (Å²) >= 11 is 0. The van der Waals surface area contributed by atoms with Crippen molar-refractivity contribution in [3.63, 3.8) is 0 Å². The average Bonchev–Trinajstić information content (AvgIpc) is 2.95. The highest BCUT2D eigenvalue weighted by Crippen LogP contribution is 2.35. The molecule has 0 saturated heterocycles. The third-order valence-electron chi connectivity index (χ3n) is 3.38. The smallest absolute Gasteiger partial charge is 0.338 e. The highest BCUT2D eigenvalue weighted by molar-refractivity contribution is 5.92. The monoisotopic (exact) mass is 307 g/mol. The van der Waals surface area contributed by atoms with E-state index >= 15 is 0 Å². The predicted octanol–water partition coefficient (Wildman–Crippen LogP) is 1.41. The predicted molar refractivity (Wildman–Crippen MR) is 70.7 cm³/mol. The Hall–Kier alpha value is -2.84. The topological polar surface area (TPSA) is 81.9 Å². The van der Waals surface area contributed by atoms with Crippen LogP contribution in [0.3, 0.4) is 0 Å². The lowest BCUT2D eigenvalue weighted by atomic mass is 9.95. The van der Waals surface area contributed by atoms with Gasteiger partial charge in [-0.15, -0.1) is 0 Å². The van der Waals surface area contributed by atoms with Crippen molar-refractivity contribution in [1.82, 2.24) is 20.2 Å². The molecule has 3 rings (SSSR count). The number of nitrogens with zero attached hydrogens (tertiary/aromatic N) is 4. The Bertz CT molecular complexity index is 786. The number of carbonyl (C=O) groups is 1. The first-order chi connectivity index (χ1) is 10.5. The van der Waals surface area contributed by atoms with E-state index in [9.17, 15) is 13.6 Å². The van der Waals surface area contributed by atoms with Gasteiger partial charge < -0.3 is 10.1 Å². The van der Waals surface area contributed by atoms with Gasteiger partial charge in [-0.05, 0) is 35.0 Å². The van der Waals surface area contributed by atoms with Gasteiger partial charge in [0.25, 0.3) is 0 Å². The maximum absolute atomic E-state index is 13.6. The fourth-order valence-electron chi connectivity index (χ4n) is 2.38. The van der Waals surface area contributed by atoms with Gasteiger partial charge in [0.2, 0.25) is 5.95 Å². The second-order valence-corrected chi connectivity index (χ2v) is 4.68. The molecule has 114 valence electrons. The SMILES string of the molecule is COC(=O)C1=C(C)Nc2nnnn2[C@H]1c1ccc(F)c(F)c1. The minimum atomic E-state index is -1.02. The molecule has 1 aromatic heterocycles. The van der Waals surface area contributed by atoms with E-state index in [2.05, 4.69) is 20.8 Å². The highest BCUT2D eigenvalue weighted by atomic mass is 19.2. The first kappa shape index (κ1) is 14.1. The van der Waals surface area contributed by atoms with Crippen molar-refractivity contribution in [2.24, 2.45) is 0 Å². The van der Waals surface area contributed by atoms with Crippen molar-refractivity contribution in [2.45, 2.75) is 13.0 Å². The molecular formula is C13H11F2N5O2. The largest absolute Gasteiger partial charge is 0.466 e. The standard InChI is InChI=1S/C13H11F2N5O2/c1-6-10(12(21)22-2)11(20-13(16-6)17-18-19-20)7-3-4-8(14)9(15)5-7/h3-5,11H,1-2H3,(H,16,17,19)/t11-/m0/s1. The lowest BCUT2D eigenvalue weighted by Gasteiger charge is -2.27. The Morgan fingerprint density at radius 1 is 1.36 bits per heavy atom. The van der Waals surface area contributed by atoms with Crippen molar-refractivity contribution < 1.29 is 18.3 Å². The van der Waals surface area contributed by atoms with Crippen molar-refractivity contribution in [3.8, 4) is 0 Å². The number of rotatable bonds is 2. The van der Waals surface area contributed by atoms with Crippen LogP contribution in [0.4, 0.5) is 14.7 Å². The van der Waals surface area contributed by atoms with Crippen molar-refractivity contribution in [3.05, 3.63) is 46.7 Å². The Labute approximate surface area is 123 Å².